The normalized spacial score (nSPS) is 27.7. The molecule has 9 nitrogen and oxygen atoms in total. The number of allylic oxidation sites excluding steroid dienone is 1. The van der Waals surface area contributed by atoms with Crippen molar-refractivity contribution in [3.05, 3.63) is 51.5 Å². The van der Waals surface area contributed by atoms with Crippen molar-refractivity contribution >= 4 is 17.5 Å². The second-order valence-corrected chi connectivity index (χ2v) is 9.50. The van der Waals surface area contributed by atoms with E-state index in [1.807, 2.05) is 6.92 Å². The van der Waals surface area contributed by atoms with Crippen molar-refractivity contribution in [2.75, 3.05) is 14.1 Å². The third-order valence-electron chi connectivity index (χ3n) is 7.20. The number of rotatable bonds is 3. The predicted molar refractivity (Wildman–Crippen MR) is 125 cm³/mol. The summed E-state index contributed by atoms with van der Waals surface area (Å²) in [5.74, 6) is -0.569. The molecule has 0 fully saturated rings. The van der Waals surface area contributed by atoms with Crippen molar-refractivity contribution in [1.82, 2.24) is 4.90 Å². The molecule has 0 bridgehead atoms. The number of ketones is 2. The number of carbonyl (C=O) groups excluding carboxylic acids is 3. The van der Waals surface area contributed by atoms with E-state index in [0.29, 0.717) is 17.5 Å². The fourth-order valence-electron chi connectivity index (χ4n) is 5.65. The monoisotopic (exact) mass is 480 g/mol. The molecule has 6 N–H and O–H groups in total. The van der Waals surface area contributed by atoms with E-state index in [1.54, 1.807) is 20.2 Å². The van der Waals surface area contributed by atoms with Crippen LogP contribution in [-0.4, -0.2) is 68.5 Å². The van der Waals surface area contributed by atoms with Gasteiger partial charge in [0.1, 0.15) is 22.8 Å². The first kappa shape index (κ1) is 24.5. The van der Waals surface area contributed by atoms with Gasteiger partial charge in [0.2, 0.25) is 5.78 Å². The van der Waals surface area contributed by atoms with Gasteiger partial charge in [-0.1, -0.05) is 18.8 Å². The number of amides is 1. The number of aliphatic hydroxyl groups excluding tert-OH is 2. The van der Waals surface area contributed by atoms with Crippen molar-refractivity contribution in [2.45, 2.75) is 44.2 Å². The molecule has 1 amide bonds. The molecule has 35 heavy (non-hydrogen) atoms. The minimum absolute atomic E-state index is 0.0333. The van der Waals surface area contributed by atoms with E-state index in [2.05, 4.69) is 11.8 Å². The summed E-state index contributed by atoms with van der Waals surface area (Å²) in [5, 5.41) is 44.1. The number of phenols is 1. The fraction of sp³-hybridized carbons (Fsp3) is 0.423. The Hall–Kier alpha value is -3.61. The Balaban J connectivity index is 1.94. The van der Waals surface area contributed by atoms with Crippen molar-refractivity contribution in [3.8, 4) is 17.6 Å². The van der Waals surface area contributed by atoms with Gasteiger partial charge in [-0.15, -0.1) is 0 Å². The molecule has 4 atom stereocenters. The number of aromatic hydroxyl groups is 1. The maximum absolute atomic E-state index is 13.6. The maximum atomic E-state index is 13.6. The highest BCUT2D eigenvalue weighted by Gasteiger charge is 2.63. The average molecular weight is 481 g/mol. The lowest BCUT2D eigenvalue weighted by Crippen LogP contribution is -2.63. The number of aliphatic hydroxyl groups is 3. The Morgan fingerprint density at radius 3 is 2.51 bits per heavy atom. The quantitative estimate of drug-likeness (QED) is 0.319. The number of Topliss-reactive ketones (excluding diaryl/α,β-unsaturated/α-hetero) is 2. The van der Waals surface area contributed by atoms with Crippen LogP contribution < -0.4 is 5.73 Å². The molecule has 0 aliphatic heterocycles. The lowest BCUT2D eigenvalue weighted by molar-refractivity contribution is -0.148. The zero-order chi connectivity index (χ0) is 25.8. The third-order valence-corrected chi connectivity index (χ3v) is 7.20. The van der Waals surface area contributed by atoms with Crippen LogP contribution in [0.25, 0.3) is 0 Å². The molecule has 3 aliphatic carbocycles. The highest BCUT2D eigenvalue weighted by molar-refractivity contribution is 6.24. The van der Waals surface area contributed by atoms with Gasteiger partial charge in [0.25, 0.3) is 5.91 Å². The van der Waals surface area contributed by atoms with Crippen LogP contribution in [-0.2, 0) is 16.0 Å². The molecule has 9 heteroatoms. The summed E-state index contributed by atoms with van der Waals surface area (Å²) in [6.07, 6.45) is 1.79. The van der Waals surface area contributed by atoms with Crippen LogP contribution in [0.15, 0.2) is 34.8 Å². The molecule has 0 saturated carbocycles. The van der Waals surface area contributed by atoms with Crippen LogP contribution in [0.5, 0.6) is 5.75 Å². The Morgan fingerprint density at radius 1 is 1.23 bits per heavy atom. The van der Waals surface area contributed by atoms with Crippen molar-refractivity contribution < 1.29 is 34.8 Å². The summed E-state index contributed by atoms with van der Waals surface area (Å²) in [6.45, 7) is 1.99. The number of hydrogen-bond donors (Lipinski definition) is 5. The van der Waals surface area contributed by atoms with E-state index in [-0.39, 0.29) is 29.7 Å². The number of carbonyl (C=O) groups is 3. The SMILES string of the molecule is CCCC#Cc1ccc(O)c2c1C[C@@H]1C[C@@H]3[C@H](N(C)C)C(O)=C(C(N)=O)C(=O)[C@@]3(O)C(O)=C1C2=O. The Kier molecular flexibility index (Phi) is 5.99. The van der Waals surface area contributed by atoms with Crippen molar-refractivity contribution in [3.63, 3.8) is 0 Å². The summed E-state index contributed by atoms with van der Waals surface area (Å²) in [7, 11) is 3.18. The Labute approximate surface area is 202 Å². The summed E-state index contributed by atoms with van der Waals surface area (Å²) < 4.78 is 0. The standard InChI is InChI=1S/C26H28N2O7/c1-4-5-6-7-12-8-9-16(29)18-14(12)10-13-11-15-20(28(2)3)22(31)19(25(27)34)24(33)26(15,35)23(32)17(13)21(18)30/h8-9,13,15,20,29,31-32,35H,4-5,10-11H2,1-3H3,(H2,27,34)/t13-,15-,20+,26+/m1/s1. The lowest BCUT2D eigenvalue weighted by Gasteiger charge is -2.50. The Bertz CT molecular complexity index is 1280. The van der Waals surface area contributed by atoms with Gasteiger partial charge in [-0.05, 0) is 57.0 Å². The molecule has 0 heterocycles. The molecule has 0 saturated heterocycles. The summed E-state index contributed by atoms with van der Waals surface area (Å²) in [6, 6.07) is 1.97. The second kappa shape index (κ2) is 8.56. The second-order valence-electron chi connectivity index (χ2n) is 9.50. The molecule has 3 aliphatic rings. The molecular formula is C26H28N2O7. The Morgan fingerprint density at radius 2 is 1.91 bits per heavy atom. The molecule has 4 rings (SSSR count). The van der Waals surface area contributed by atoms with Gasteiger partial charge < -0.3 is 26.2 Å². The minimum atomic E-state index is -2.64. The van der Waals surface area contributed by atoms with E-state index < -0.39 is 58.0 Å². The topological polar surface area (TPSA) is 161 Å². The molecule has 0 spiro atoms. The summed E-state index contributed by atoms with van der Waals surface area (Å²) in [5.41, 5.74) is 2.77. The van der Waals surface area contributed by atoms with E-state index in [0.717, 1.165) is 6.42 Å². The average Bonchev–Trinajstić information content (AvgIpc) is 2.77. The first-order valence-electron chi connectivity index (χ1n) is 11.4. The van der Waals surface area contributed by atoms with Crippen LogP contribution >= 0.6 is 0 Å². The van der Waals surface area contributed by atoms with Gasteiger partial charge in [-0.3, -0.25) is 19.3 Å². The molecule has 184 valence electrons. The lowest BCUT2D eigenvalue weighted by atomic mass is 9.58. The number of benzene rings is 1. The zero-order valence-electron chi connectivity index (χ0n) is 19.8. The van der Waals surface area contributed by atoms with Crippen LogP contribution in [0, 0.1) is 23.7 Å². The van der Waals surface area contributed by atoms with Crippen LogP contribution in [0.1, 0.15) is 47.7 Å². The van der Waals surface area contributed by atoms with E-state index in [4.69, 9.17) is 5.73 Å². The predicted octanol–water partition coefficient (Wildman–Crippen LogP) is 1.27. The third kappa shape index (κ3) is 3.44. The number of primary amides is 1. The largest absolute Gasteiger partial charge is 0.510 e. The van der Waals surface area contributed by atoms with Crippen LogP contribution in [0.4, 0.5) is 0 Å². The molecular weight excluding hydrogens is 452 g/mol. The summed E-state index contributed by atoms with van der Waals surface area (Å²) >= 11 is 0. The fourth-order valence-corrected chi connectivity index (χ4v) is 5.65. The first-order chi connectivity index (χ1) is 16.5. The van der Waals surface area contributed by atoms with Gasteiger partial charge in [0.15, 0.2) is 11.4 Å². The van der Waals surface area contributed by atoms with Crippen LogP contribution in [0.2, 0.25) is 0 Å². The smallest absolute Gasteiger partial charge is 0.255 e. The van der Waals surface area contributed by atoms with Gasteiger partial charge in [0.05, 0.1) is 11.6 Å². The molecule has 1 aromatic carbocycles. The molecule has 0 radical (unpaired) electrons. The van der Waals surface area contributed by atoms with Gasteiger partial charge in [0, 0.05) is 23.5 Å². The number of phenolic OH excluding ortho intramolecular Hbond substituents is 1. The van der Waals surface area contributed by atoms with Crippen molar-refractivity contribution in [1.29, 1.82) is 0 Å². The van der Waals surface area contributed by atoms with Gasteiger partial charge in [-0.25, -0.2) is 0 Å². The first-order valence-corrected chi connectivity index (χ1v) is 11.4. The van der Waals surface area contributed by atoms with E-state index in [1.165, 1.54) is 11.0 Å². The number of fused-ring (bicyclic) bond motifs is 3. The highest BCUT2D eigenvalue weighted by Crippen LogP contribution is 2.52. The van der Waals surface area contributed by atoms with Crippen molar-refractivity contribution in [2.24, 2.45) is 17.6 Å². The zero-order valence-corrected chi connectivity index (χ0v) is 19.8. The van der Waals surface area contributed by atoms with E-state index >= 15 is 0 Å². The molecule has 0 aromatic heterocycles. The number of likely N-dealkylation sites (N-methyl/N-ethyl adjacent to an activating group) is 1. The number of nitrogens with two attached hydrogens (primary N) is 1. The van der Waals surface area contributed by atoms with E-state index in [9.17, 15) is 34.8 Å². The number of hydrogen-bond acceptors (Lipinski definition) is 8. The number of nitrogens with zero attached hydrogens (tertiary/aromatic N) is 1. The molecule has 0 unspecified atom stereocenters. The minimum Gasteiger partial charge on any atom is -0.510 e. The number of unbranched alkanes of at least 4 members (excludes halogenated alkanes) is 1. The van der Waals surface area contributed by atoms with Crippen LogP contribution in [0.3, 0.4) is 0 Å². The molecule has 1 aromatic rings. The van der Waals surface area contributed by atoms with Gasteiger partial charge >= 0.3 is 0 Å². The highest BCUT2D eigenvalue weighted by atomic mass is 16.3. The maximum Gasteiger partial charge on any atom is 0.255 e. The summed E-state index contributed by atoms with van der Waals surface area (Å²) in [4.78, 5) is 40.3. The van der Waals surface area contributed by atoms with Gasteiger partial charge in [-0.2, -0.15) is 0 Å².